The van der Waals surface area contributed by atoms with Crippen molar-refractivity contribution < 1.29 is 19.4 Å². The summed E-state index contributed by atoms with van der Waals surface area (Å²) in [6.45, 7) is 8.69. The quantitative estimate of drug-likeness (QED) is 0.794. The lowest BCUT2D eigenvalue weighted by atomic mass is 9.80. The smallest absolute Gasteiger partial charge is 0.337 e. The molecule has 0 radical (unpaired) electrons. The molecule has 0 aliphatic carbocycles. The lowest BCUT2D eigenvalue weighted by Gasteiger charge is -2.31. The minimum Gasteiger partial charge on any atom is -0.478 e. The van der Waals surface area contributed by atoms with Crippen LogP contribution in [0.2, 0.25) is 5.02 Å². The van der Waals surface area contributed by atoms with Crippen molar-refractivity contribution in [2.45, 2.75) is 46.1 Å². The molecule has 0 amide bonds. The summed E-state index contributed by atoms with van der Waals surface area (Å²) in [5.41, 5.74) is 1.23. The molecule has 0 saturated heterocycles. The number of nitrogens with one attached hydrogen (secondary N) is 1. The van der Waals surface area contributed by atoms with E-state index >= 15 is 0 Å². The van der Waals surface area contributed by atoms with E-state index in [1.807, 2.05) is 0 Å². The Kier molecular flexibility index (Phi) is 5.28. The molecule has 0 saturated carbocycles. The molecule has 25 heavy (non-hydrogen) atoms. The van der Waals surface area contributed by atoms with E-state index in [2.05, 4.69) is 5.32 Å². The lowest BCUT2D eigenvalue weighted by molar-refractivity contribution is -0.150. The Morgan fingerprint density at radius 3 is 2.20 bits per heavy atom. The van der Waals surface area contributed by atoms with Crippen LogP contribution >= 0.6 is 11.6 Å². The van der Waals surface area contributed by atoms with Crippen LogP contribution in [0.4, 0.5) is 0 Å². The fourth-order valence-corrected chi connectivity index (χ4v) is 3.15. The third kappa shape index (κ3) is 4.04. The van der Waals surface area contributed by atoms with Crippen molar-refractivity contribution >= 4 is 23.5 Å². The number of carbonyl (C=O) groups excluding carboxylic acids is 1. The van der Waals surface area contributed by atoms with Gasteiger partial charge in [-0.25, -0.2) is 9.59 Å². The van der Waals surface area contributed by atoms with E-state index in [9.17, 15) is 14.7 Å². The molecular formula is C19H22ClNO4. The molecular weight excluding hydrogens is 342 g/mol. The van der Waals surface area contributed by atoms with Crippen LogP contribution < -0.4 is 5.32 Å². The van der Waals surface area contributed by atoms with Crippen LogP contribution in [-0.4, -0.2) is 22.6 Å². The number of esters is 1. The van der Waals surface area contributed by atoms with Crippen molar-refractivity contribution in [2.75, 3.05) is 0 Å². The van der Waals surface area contributed by atoms with Crippen molar-refractivity contribution in [1.29, 1.82) is 0 Å². The fraction of sp³-hybridized carbons (Fsp3) is 0.368. The molecule has 0 fully saturated rings. The summed E-state index contributed by atoms with van der Waals surface area (Å²) in [6, 6.07) is 6.93. The Labute approximate surface area is 152 Å². The maximum absolute atomic E-state index is 12.8. The maximum atomic E-state index is 12.8. The summed E-state index contributed by atoms with van der Waals surface area (Å²) in [5, 5.41) is 13.1. The summed E-state index contributed by atoms with van der Waals surface area (Å²) in [6.07, 6.45) is 0. The van der Waals surface area contributed by atoms with Gasteiger partial charge in [-0.15, -0.1) is 0 Å². The van der Waals surface area contributed by atoms with Crippen LogP contribution in [0.5, 0.6) is 0 Å². The SMILES string of the molecule is CC1=C(C(=O)O)C(c2ccccc2Cl)C(C(=O)OC(C)(C)C)=C(C)N1. The second-order valence-electron chi connectivity index (χ2n) is 6.96. The van der Waals surface area contributed by atoms with Crippen molar-refractivity contribution in [1.82, 2.24) is 5.32 Å². The second-order valence-corrected chi connectivity index (χ2v) is 7.37. The van der Waals surface area contributed by atoms with Crippen LogP contribution in [0.15, 0.2) is 46.8 Å². The number of dihydropyridines is 1. The number of rotatable bonds is 3. The summed E-state index contributed by atoms with van der Waals surface area (Å²) in [4.78, 5) is 24.7. The van der Waals surface area contributed by atoms with E-state index in [1.54, 1.807) is 58.9 Å². The van der Waals surface area contributed by atoms with Gasteiger partial charge in [0.25, 0.3) is 0 Å². The molecule has 134 valence electrons. The Hall–Kier alpha value is -2.27. The van der Waals surface area contributed by atoms with E-state index in [-0.39, 0.29) is 11.1 Å². The molecule has 1 atom stereocenters. The number of carboxylic acid groups (broad SMARTS) is 1. The number of hydrogen-bond acceptors (Lipinski definition) is 4. The predicted molar refractivity (Wildman–Crippen MR) is 96.2 cm³/mol. The standard InChI is InChI=1S/C19H22ClNO4/c1-10-14(17(22)23)16(12-8-6-7-9-13(12)20)15(11(2)21-10)18(24)25-19(3,4)5/h6-9,16,21H,1-5H3,(H,22,23). The zero-order valence-corrected chi connectivity index (χ0v) is 15.7. The van der Waals surface area contributed by atoms with Crippen LogP contribution in [0.1, 0.15) is 46.1 Å². The highest BCUT2D eigenvalue weighted by Gasteiger charge is 2.39. The van der Waals surface area contributed by atoms with Crippen molar-refractivity contribution in [2.24, 2.45) is 0 Å². The minimum absolute atomic E-state index is 0.0829. The van der Waals surface area contributed by atoms with E-state index in [1.165, 1.54) is 0 Å². The predicted octanol–water partition coefficient (Wildman–Crippen LogP) is 4.00. The molecule has 6 heteroatoms. The Morgan fingerprint density at radius 2 is 1.68 bits per heavy atom. The van der Waals surface area contributed by atoms with Gasteiger partial charge in [0.2, 0.25) is 0 Å². The monoisotopic (exact) mass is 363 g/mol. The van der Waals surface area contributed by atoms with Crippen LogP contribution in [0.25, 0.3) is 0 Å². The number of carbonyl (C=O) groups is 2. The van der Waals surface area contributed by atoms with Crippen molar-refractivity contribution in [3.8, 4) is 0 Å². The van der Waals surface area contributed by atoms with Crippen molar-refractivity contribution in [3.05, 3.63) is 57.4 Å². The minimum atomic E-state index is -1.11. The van der Waals surface area contributed by atoms with Gasteiger partial charge in [-0.2, -0.15) is 0 Å². The molecule has 0 spiro atoms. The van der Waals surface area contributed by atoms with Gasteiger partial charge in [0, 0.05) is 16.4 Å². The van der Waals surface area contributed by atoms with Gasteiger partial charge in [-0.05, 0) is 46.2 Å². The maximum Gasteiger partial charge on any atom is 0.337 e. The summed E-state index contributed by atoms with van der Waals surface area (Å²) in [7, 11) is 0. The average Bonchev–Trinajstić information content (AvgIpc) is 2.44. The topological polar surface area (TPSA) is 75.6 Å². The Morgan fingerprint density at radius 1 is 1.12 bits per heavy atom. The van der Waals surface area contributed by atoms with Crippen LogP contribution in [0.3, 0.4) is 0 Å². The molecule has 1 aromatic rings. The lowest BCUT2D eigenvalue weighted by Crippen LogP contribution is -2.34. The molecule has 1 aliphatic heterocycles. The van der Waals surface area contributed by atoms with Crippen LogP contribution in [-0.2, 0) is 14.3 Å². The number of allylic oxidation sites excluding steroid dienone is 2. The summed E-state index contributed by atoms with van der Waals surface area (Å²) in [5.74, 6) is -2.47. The van der Waals surface area contributed by atoms with E-state index in [0.29, 0.717) is 22.0 Å². The number of ether oxygens (including phenoxy) is 1. The largest absolute Gasteiger partial charge is 0.478 e. The number of carboxylic acids is 1. The Balaban J connectivity index is 2.66. The van der Waals surface area contributed by atoms with Crippen LogP contribution in [0, 0.1) is 0 Å². The zero-order chi connectivity index (χ0) is 18.9. The molecule has 5 nitrogen and oxygen atoms in total. The van der Waals surface area contributed by atoms with Gasteiger partial charge in [-0.3, -0.25) is 0 Å². The third-order valence-electron chi connectivity index (χ3n) is 3.83. The molecule has 1 aromatic carbocycles. The van der Waals surface area contributed by atoms with E-state index in [4.69, 9.17) is 16.3 Å². The average molecular weight is 364 g/mol. The van der Waals surface area contributed by atoms with Gasteiger partial charge < -0.3 is 15.2 Å². The highest BCUT2D eigenvalue weighted by Crippen LogP contribution is 2.41. The summed E-state index contributed by atoms with van der Waals surface area (Å²) >= 11 is 6.32. The highest BCUT2D eigenvalue weighted by molar-refractivity contribution is 6.31. The summed E-state index contributed by atoms with van der Waals surface area (Å²) < 4.78 is 5.51. The first-order valence-corrected chi connectivity index (χ1v) is 8.30. The Bertz CT molecular complexity index is 787. The fourth-order valence-electron chi connectivity index (χ4n) is 2.90. The number of halogens is 1. The number of benzene rings is 1. The molecule has 1 aliphatic rings. The van der Waals surface area contributed by atoms with Gasteiger partial charge in [-0.1, -0.05) is 29.8 Å². The molecule has 2 N–H and O–H groups in total. The normalized spacial score (nSPS) is 18.1. The number of hydrogen-bond donors (Lipinski definition) is 2. The molecule has 1 unspecified atom stereocenters. The van der Waals surface area contributed by atoms with Gasteiger partial charge in [0.1, 0.15) is 5.60 Å². The van der Waals surface area contributed by atoms with Gasteiger partial charge >= 0.3 is 11.9 Å². The molecule has 1 heterocycles. The first-order valence-electron chi connectivity index (χ1n) is 7.92. The third-order valence-corrected chi connectivity index (χ3v) is 4.17. The number of aliphatic carboxylic acids is 1. The second kappa shape index (κ2) is 6.92. The van der Waals surface area contributed by atoms with Gasteiger partial charge in [0.15, 0.2) is 0 Å². The van der Waals surface area contributed by atoms with Crippen molar-refractivity contribution in [3.63, 3.8) is 0 Å². The van der Waals surface area contributed by atoms with E-state index in [0.717, 1.165) is 0 Å². The zero-order valence-electron chi connectivity index (χ0n) is 14.9. The van der Waals surface area contributed by atoms with E-state index < -0.39 is 23.5 Å². The molecule has 0 aromatic heterocycles. The first kappa shape index (κ1) is 19.1. The van der Waals surface area contributed by atoms with Gasteiger partial charge in [0.05, 0.1) is 17.1 Å². The molecule has 0 bridgehead atoms. The highest BCUT2D eigenvalue weighted by atomic mass is 35.5. The molecule has 2 rings (SSSR count). The first-order chi connectivity index (χ1) is 11.5.